The second kappa shape index (κ2) is 31.5. The van der Waals surface area contributed by atoms with Crippen LogP contribution in [0, 0.1) is 0 Å². The van der Waals surface area contributed by atoms with E-state index in [-0.39, 0.29) is 77.2 Å². The Morgan fingerprint density at radius 2 is 0.522 bits per heavy atom. The minimum absolute atomic E-state index is 0.00153. The molecule has 0 radical (unpaired) electrons. The molecule has 3 aromatic heterocycles. The molecule has 686 valence electrons. The summed E-state index contributed by atoms with van der Waals surface area (Å²) in [5.41, 5.74) is 32.6. The maximum Gasteiger partial charge on any atom is 0.252 e. The molecule has 0 amide bonds. The van der Waals surface area contributed by atoms with E-state index in [0.717, 1.165) is 150 Å². The van der Waals surface area contributed by atoms with Crippen molar-refractivity contribution in [2.24, 2.45) is 0 Å². The van der Waals surface area contributed by atoms with E-state index in [0.29, 0.717) is 5.69 Å². The standard InChI is InChI=1S/C130H138BN5/c1-121(2,3)81-52-48-79(49-53-81)91-40-35-42-96(93-63-56-87(127(19,20)21)74-104(93)130(28,29)30)119(91)135-113-76-89(133-109-66-57-83(123(7,8)9)70-98(109)99-71-84(124(10,11)12)58-67-110(99)133)62-65-105(113)131-106-64-61-88(132-107-46-33-31-38-94(107)95-39-32-34-47-108(95)132)75-114(106)136(116-78-90(77-115(135)118(116)131)134-111-68-59-85(125(13,14)15)72-100(111)101-73-86(126(16,17)18)60-69-112(101)134)120-92(80-50-54-82(55-51-80)122(4,5)6)41-36-43-97(120)117-102(128(22,23)24)44-37-45-103(117)129(25,26)27/h31-78H,1-30H3/i31D,32D,33D,34D,38D,39D,46D,47D. The Bertz CT molecular complexity index is 8180. The van der Waals surface area contributed by atoms with Crippen LogP contribution in [0.25, 0.3) is 127 Å². The smallest absolute Gasteiger partial charge is 0.252 e. The maximum atomic E-state index is 10.3. The first-order valence-corrected chi connectivity index (χ1v) is 49.2. The van der Waals surface area contributed by atoms with Crippen LogP contribution in [-0.2, 0) is 54.1 Å². The van der Waals surface area contributed by atoms with Crippen LogP contribution in [-0.4, -0.2) is 20.4 Å². The van der Waals surface area contributed by atoms with Gasteiger partial charge in [-0.25, -0.2) is 0 Å². The number of benzene rings is 15. The molecule has 5 heterocycles. The third kappa shape index (κ3) is 15.4. The van der Waals surface area contributed by atoms with E-state index in [9.17, 15) is 11.0 Å². The van der Waals surface area contributed by atoms with Gasteiger partial charge in [-0.1, -0.05) is 402 Å². The molecule has 5 nitrogen and oxygen atoms in total. The van der Waals surface area contributed by atoms with Gasteiger partial charge in [0.25, 0.3) is 6.71 Å². The highest BCUT2D eigenvalue weighted by Gasteiger charge is 2.48. The lowest BCUT2D eigenvalue weighted by Gasteiger charge is -2.46. The fourth-order valence-corrected chi connectivity index (χ4v) is 21.7. The minimum atomic E-state index is -0.632. The zero-order valence-electron chi connectivity index (χ0n) is 93.9. The summed E-state index contributed by atoms with van der Waals surface area (Å²) in [7, 11) is 0. The molecule has 15 aromatic carbocycles. The molecular weight excluding hydrogens is 1640 g/mol. The minimum Gasteiger partial charge on any atom is -0.310 e. The Morgan fingerprint density at radius 1 is 0.221 bits per heavy atom. The number of anilines is 6. The largest absolute Gasteiger partial charge is 0.310 e. The van der Waals surface area contributed by atoms with Gasteiger partial charge in [-0.05, 0) is 245 Å². The Labute approximate surface area is 822 Å². The van der Waals surface area contributed by atoms with E-state index in [1.165, 1.54) is 55.3 Å². The Hall–Kier alpha value is -12.6. The highest BCUT2D eigenvalue weighted by atomic mass is 15.2. The number of fused-ring (bicyclic) bond motifs is 13. The first-order chi connectivity index (χ1) is 67.1. The molecule has 0 saturated carbocycles. The first kappa shape index (κ1) is 81.7. The van der Waals surface area contributed by atoms with Gasteiger partial charge in [0.15, 0.2) is 0 Å². The zero-order chi connectivity index (χ0) is 104. The van der Waals surface area contributed by atoms with Crippen molar-refractivity contribution in [3.05, 3.63) is 347 Å². The summed E-state index contributed by atoms with van der Waals surface area (Å²) < 4.78 is 85.4. The van der Waals surface area contributed by atoms with Crippen molar-refractivity contribution in [2.45, 2.75) is 262 Å². The third-order valence-corrected chi connectivity index (χ3v) is 29.4. The van der Waals surface area contributed by atoms with Crippen LogP contribution < -0.4 is 26.2 Å². The van der Waals surface area contributed by atoms with Crippen LogP contribution in [0.5, 0.6) is 0 Å². The van der Waals surface area contributed by atoms with Gasteiger partial charge in [0.2, 0.25) is 0 Å². The molecule has 0 fully saturated rings. The van der Waals surface area contributed by atoms with Crippen molar-refractivity contribution >= 4 is 123 Å². The van der Waals surface area contributed by atoms with Crippen molar-refractivity contribution in [2.75, 3.05) is 9.80 Å². The number of hydrogen-bond donors (Lipinski definition) is 0. The molecule has 0 aliphatic carbocycles. The zero-order valence-corrected chi connectivity index (χ0v) is 85.9. The van der Waals surface area contributed by atoms with Gasteiger partial charge in [-0.15, -0.1) is 0 Å². The van der Waals surface area contributed by atoms with Crippen molar-refractivity contribution in [1.29, 1.82) is 0 Å². The van der Waals surface area contributed by atoms with Crippen molar-refractivity contribution < 1.29 is 11.0 Å². The molecule has 0 saturated heterocycles. The highest BCUT2D eigenvalue weighted by molar-refractivity contribution is 7.00. The summed E-state index contributed by atoms with van der Waals surface area (Å²) in [6.07, 6.45) is 0. The lowest BCUT2D eigenvalue weighted by molar-refractivity contribution is 0.569. The van der Waals surface area contributed by atoms with Crippen LogP contribution in [0.2, 0.25) is 0 Å². The quantitative estimate of drug-likeness (QED) is 0.134. The van der Waals surface area contributed by atoms with Gasteiger partial charge >= 0.3 is 0 Å². The summed E-state index contributed by atoms with van der Waals surface area (Å²) in [5, 5.41) is 4.60. The maximum absolute atomic E-state index is 10.3. The summed E-state index contributed by atoms with van der Waals surface area (Å²) in [5.74, 6) is 0. The lowest BCUT2D eigenvalue weighted by atomic mass is 9.33. The van der Waals surface area contributed by atoms with Crippen molar-refractivity contribution in [3.8, 4) is 61.6 Å². The number of hydrogen-bond acceptors (Lipinski definition) is 2. The predicted molar refractivity (Wildman–Crippen MR) is 592 cm³/mol. The number of para-hydroxylation sites is 4. The average molecular weight is 1790 g/mol. The molecule has 6 heteroatoms. The molecule has 0 unspecified atom stereocenters. The number of nitrogens with zero attached hydrogens (tertiary/aromatic N) is 5. The lowest BCUT2D eigenvalue weighted by Crippen LogP contribution is -2.61. The summed E-state index contributed by atoms with van der Waals surface area (Å²) in [6, 6.07) is 90.5. The SMILES string of the molecule is [2H]c1c([2H])c([2H])c2c(c1[2H])c1c([2H])c([2H])c([2H])c([2H])c1n2-c1ccc2c(c1)N(c1c(-c3ccc(C(C)(C)C)cc3)cccc1-c1c(C(C)(C)C)cccc1C(C)(C)C)c1cc(-n3c4ccc(C(C)(C)C)cc4c4cc(C(C)(C)C)ccc43)cc3c1B2c1ccc(-n2c4ccc(C(C)(C)C)cc4c4cc(C(C)(C)C)ccc42)cc1N3c1c(-c2ccc(C(C)(C)C)cc2)cccc1-c1ccc(C(C)(C)C)cc1C(C)(C)C. The van der Waals surface area contributed by atoms with E-state index in [4.69, 9.17) is 0 Å². The fraction of sp³-hybridized carbons (Fsp3) is 0.308. The molecule has 18 aromatic rings. The molecule has 0 bridgehead atoms. The van der Waals surface area contributed by atoms with Gasteiger partial charge in [0.05, 0.1) is 61.1 Å². The van der Waals surface area contributed by atoms with Gasteiger partial charge in [-0.2, -0.15) is 0 Å². The van der Waals surface area contributed by atoms with E-state index >= 15 is 0 Å². The van der Waals surface area contributed by atoms with Crippen LogP contribution >= 0.6 is 0 Å². The fourth-order valence-electron chi connectivity index (χ4n) is 21.7. The van der Waals surface area contributed by atoms with E-state index in [2.05, 4.69) is 463 Å². The third-order valence-electron chi connectivity index (χ3n) is 29.4. The summed E-state index contributed by atoms with van der Waals surface area (Å²) >= 11 is 0. The second-order valence-electron chi connectivity index (χ2n) is 49.4. The van der Waals surface area contributed by atoms with E-state index < -0.39 is 53.8 Å². The first-order valence-electron chi connectivity index (χ1n) is 53.2. The molecule has 0 N–H and O–H groups in total. The van der Waals surface area contributed by atoms with Crippen molar-refractivity contribution in [1.82, 2.24) is 13.7 Å². The number of aromatic nitrogens is 3. The van der Waals surface area contributed by atoms with Crippen LogP contribution in [0.15, 0.2) is 291 Å². The molecule has 136 heavy (non-hydrogen) atoms. The molecular formula is C130H138BN5. The molecule has 0 spiro atoms. The van der Waals surface area contributed by atoms with Gasteiger partial charge in [-0.3, -0.25) is 0 Å². The molecule has 20 rings (SSSR count). The Kier molecular flexibility index (Phi) is 18.9. The molecule has 0 atom stereocenters. The predicted octanol–water partition coefficient (Wildman–Crippen LogP) is 34.7. The van der Waals surface area contributed by atoms with E-state index in [1.807, 2.05) is 6.07 Å². The average Bonchev–Trinajstić information content (AvgIpc) is 0.996. The Balaban J connectivity index is 1.06. The second-order valence-corrected chi connectivity index (χ2v) is 49.4. The summed E-state index contributed by atoms with van der Waals surface area (Å²) in [4.78, 5) is 5.28. The van der Waals surface area contributed by atoms with Gasteiger partial charge < -0.3 is 23.5 Å². The number of rotatable bonds is 9. The normalized spacial score (nSPS) is 14.6. The van der Waals surface area contributed by atoms with Gasteiger partial charge in [0, 0.05) is 88.7 Å². The van der Waals surface area contributed by atoms with Crippen LogP contribution in [0.4, 0.5) is 34.1 Å². The summed E-state index contributed by atoms with van der Waals surface area (Å²) in [6.45, 7) is 68.8. The highest BCUT2D eigenvalue weighted by Crippen LogP contribution is 2.58. The van der Waals surface area contributed by atoms with Gasteiger partial charge in [0.1, 0.15) is 0 Å². The van der Waals surface area contributed by atoms with Crippen molar-refractivity contribution in [3.63, 3.8) is 0 Å². The van der Waals surface area contributed by atoms with Crippen LogP contribution in [0.3, 0.4) is 0 Å². The monoisotopic (exact) mass is 1790 g/mol. The molecule has 2 aliphatic rings. The topological polar surface area (TPSA) is 21.3 Å². The Morgan fingerprint density at radius 3 is 0.890 bits per heavy atom. The van der Waals surface area contributed by atoms with Crippen LogP contribution in [0.1, 0.15) is 274 Å². The van der Waals surface area contributed by atoms with E-state index in [1.54, 1.807) is 4.57 Å². The molecule has 2 aliphatic heterocycles.